The molecule has 41 heavy (non-hydrogen) atoms. The third-order valence-electron chi connectivity index (χ3n) is 6.76. The maximum Gasteiger partial charge on any atom is 0.434 e. The minimum Gasteiger partial charge on any atom is -0.480 e. The Hall–Kier alpha value is -4.40. The van der Waals surface area contributed by atoms with Gasteiger partial charge in [0.05, 0.1) is 31.0 Å². The molecular formula is C26H23F3N8O3S. The Morgan fingerprint density at radius 2 is 1.80 bits per heavy atom. The summed E-state index contributed by atoms with van der Waals surface area (Å²) in [5.74, 6) is 0.996. The standard InChI is InChI=1S/C26H23F3N8O3S/c1-36-12-19(26(27,28)29)33-24(36)16-6-4-14(5-7-16)10-18-22-17(35-37(18)41(3,38)39)11-30-23(34-22)20-21(15-8-9-15)31-13-32-25(20)40-2/h4-7,11-13,15H,8-10H2,1-3H3. The van der Waals surface area contributed by atoms with Gasteiger partial charge in [-0.05, 0) is 18.4 Å². The highest BCUT2D eigenvalue weighted by atomic mass is 32.2. The summed E-state index contributed by atoms with van der Waals surface area (Å²) >= 11 is 0. The molecule has 0 radical (unpaired) electrons. The molecule has 212 valence electrons. The number of methoxy groups -OCH3 is 1. The Kier molecular flexibility index (Phi) is 6.28. The van der Waals surface area contributed by atoms with Crippen LogP contribution in [0, 0.1) is 0 Å². The SMILES string of the molecule is COc1ncnc(C2CC2)c1-c1ncc2nn(S(C)(=O)=O)c(Cc3ccc(-c4nc(C(F)(F)F)cn4C)cc3)c2n1. The van der Waals surface area contributed by atoms with E-state index in [9.17, 15) is 21.6 Å². The molecule has 4 heterocycles. The van der Waals surface area contributed by atoms with E-state index in [1.165, 1.54) is 31.2 Å². The van der Waals surface area contributed by atoms with Gasteiger partial charge in [0.15, 0.2) is 11.5 Å². The van der Waals surface area contributed by atoms with E-state index < -0.39 is 21.9 Å². The largest absolute Gasteiger partial charge is 0.480 e. The number of halogens is 3. The molecule has 0 saturated heterocycles. The third-order valence-corrected chi connectivity index (χ3v) is 7.69. The number of nitrogens with zero attached hydrogens (tertiary/aromatic N) is 8. The molecule has 1 aliphatic carbocycles. The van der Waals surface area contributed by atoms with Gasteiger partial charge in [-0.1, -0.05) is 24.3 Å². The lowest BCUT2D eigenvalue weighted by molar-refractivity contribution is -0.140. The minimum absolute atomic E-state index is 0.118. The molecular weight excluding hydrogens is 561 g/mol. The predicted molar refractivity (Wildman–Crippen MR) is 142 cm³/mol. The Morgan fingerprint density at radius 3 is 2.41 bits per heavy atom. The van der Waals surface area contributed by atoms with E-state index in [1.54, 1.807) is 24.3 Å². The van der Waals surface area contributed by atoms with Crippen LogP contribution < -0.4 is 4.74 Å². The summed E-state index contributed by atoms with van der Waals surface area (Å²) in [6.07, 6.45) is 2.35. The summed E-state index contributed by atoms with van der Waals surface area (Å²) in [6.45, 7) is 0. The van der Waals surface area contributed by atoms with E-state index >= 15 is 0 Å². The lowest BCUT2D eigenvalue weighted by Crippen LogP contribution is -2.15. The van der Waals surface area contributed by atoms with Gasteiger partial charge in [-0.15, -0.1) is 0 Å². The van der Waals surface area contributed by atoms with Gasteiger partial charge in [-0.3, -0.25) is 0 Å². The molecule has 1 fully saturated rings. The van der Waals surface area contributed by atoms with Crippen LogP contribution in [0.15, 0.2) is 43.0 Å². The molecule has 0 bridgehead atoms. The third kappa shape index (κ3) is 5.01. The summed E-state index contributed by atoms with van der Waals surface area (Å²) in [5, 5.41) is 4.25. The highest BCUT2D eigenvalue weighted by molar-refractivity contribution is 7.89. The first-order valence-electron chi connectivity index (χ1n) is 12.5. The van der Waals surface area contributed by atoms with Gasteiger partial charge in [-0.25, -0.2) is 33.3 Å². The van der Waals surface area contributed by atoms with Crippen molar-refractivity contribution >= 4 is 21.1 Å². The number of ether oxygens (including phenoxy) is 1. The fourth-order valence-corrected chi connectivity index (χ4v) is 5.49. The second-order valence-corrected chi connectivity index (χ2v) is 11.6. The number of hydrogen-bond donors (Lipinski definition) is 0. The maximum absolute atomic E-state index is 13.1. The van der Waals surface area contributed by atoms with Crippen molar-refractivity contribution in [2.45, 2.75) is 31.4 Å². The molecule has 0 amide bonds. The van der Waals surface area contributed by atoms with Crippen molar-refractivity contribution < 1.29 is 26.3 Å². The molecule has 11 nitrogen and oxygen atoms in total. The van der Waals surface area contributed by atoms with Crippen LogP contribution in [0.2, 0.25) is 0 Å². The lowest BCUT2D eigenvalue weighted by atomic mass is 10.1. The van der Waals surface area contributed by atoms with Crippen LogP contribution in [0.4, 0.5) is 13.2 Å². The van der Waals surface area contributed by atoms with Crippen LogP contribution in [0.3, 0.4) is 0 Å². The normalized spacial score (nSPS) is 14.1. The van der Waals surface area contributed by atoms with Crippen LogP contribution in [0.25, 0.3) is 33.8 Å². The Balaban J connectivity index is 1.42. The number of alkyl halides is 3. The Labute approximate surface area is 232 Å². The quantitative estimate of drug-likeness (QED) is 0.279. The van der Waals surface area contributed by atoms with Crippen molar-refractivity contribution in [3.63, 3.8) is 0 Å². The van der Waals surface area contributed by atoms with Crippen molar-refractivity contribution in [3.8, 4) is 28.7 Å². The second kappa shape index (κ2) is 9.61. The van der Waals surface area contributed by atoms with Crippen molar-refractivity contribution in [2.24, 2.45) is 7.05 Å². The van der Waals surface area contributed by atoms with E-state index in [0.29, 0.717) is 33.8 Å². The molecule has 0 atom stereocenters. The van der Waals surface area contributed by atoms with Crippen molar-refractivity contribution in [2.75, 3.05) is 13.4 Å². The van der Waals surface area contributed by atoms with Crippen molar-refractivity contribution in [1.29, 1.82) is 0 Å². The van der Waals surface area contributed by atoms with Gasteiger partial charge in [0, 0.05) is 31.1 Å². The minimum atomic E-state index is -4.56. The molecule has 6 rings (SSSR count). The van der Waals surface area contributed by atoms with Crippen LogP contribution >= 0.6 is 0 Å². The van der Waals surface area contributed by atoms with Gasteiger partial charge in [0.25, 0.3) is 10.0 Å². The molecule has 0 N–H and O–H groups in total. The predicted octanol–water partition coefficient (Wildman–Crippen LogP) is 3.99. The molecule has 1 aliphatic rings. The molecule has 5 aromatic rings. The van der Waals surface area contributed by atoms with Crippen molar-refractivity contribution in [1.82, 2.24) is 38.7 Å². The smallest absolute Gasteiger partial charge is 0.434 e. The Bertz CT molecular complexity index is 1900. The number of imidazole rings is 1. The number of benzene rings is 1. The summed E-state index contributed by atoms with van der Waals surface area (Å²) < 4.78 is 72.5. The highest BCUT2D eigenvalue weighted by Crippen LogP contribution is 2.45. The highest BCUT2D eigenvalue weighted by Gasteiger charge is 2.35. The van der Waals surface area contributed by atoms with Crippen LogP contribution in [0.1, 0.15) is 41.4 Å². The van der Waals surface area contributed by atoms with E-state index in [2.05, 4.69) is 25.0 Å². The molecule has 1 saturated carbocycles. The van der Waals surface area contributed by atoms with Crippen LogP contribution in [0.5, 0.6) is 5.88 Å². The lowest BCUT2D eigenvalue weighted by Gasteiger charge is -2.10. The van der Waals surface area contributed by atoms with Crippen molar-refractivity contribution in [3.05, 3.63) is 65.6 Å². The van der Waals surface area contributed by atoms with Crippen LogP contribution in [-0.4, -0.2) is 60.5 Å². The molecule has 15 heteroatoms. The fourth-order valence-electron chi connectivity index (χ4n) is 4.71. The second-order valence-electron chi connectivity index (χ2n) is 9.83. The van der Waals surface area contributed by atoms with E-state index in [1.807, 2.05) is 0 Å². The maximum atomic E-state index is 13.1. The monoisotopic (exact) mass is 584 g/mol. The first-order valence-corrected chi connectivity index (χ1v) is 14.3. The zero-order valence-corrected chi connectivity index (χ0v) is 22.9. The fraction of sp³-hybridized carbons (Fsp3) is 0.308. The van der Waals surface area contributed by atoms with E-state index in [4.69, 9.17) is 9.72 Å². The summed E-state index contributed by atoms with van der Waals surface area (Å²) in [4.78, 5) is 21.5. The molecule has 0 spiro atoms. The van der Waals surface area contributed by atoms with Crippen LogP contribution in [-0.2, 0) is 29.7 Å². The number of hydrogen-bond acceptors (Lipinski definition) is 9. The zero-order chi connectivity index (χ0) is 29.1. The molecule has 0 unspecified atom stereocenters. The first-order chi connectivity index (χ1) is 19.4. The van der Waals surface area contributed by atoms with Gasteiger partial charge >= 0.3 is 6.18 Å². The average Bonchev–Trinajstić information content (AvgIpc) is 3.60. The zero-order valence-electron chi connectivity index (χ0n) is 22.1. The summed E-state index contributed by atoms with van der Waals surface area (Å²) in [6, 6.07) is 6.67. The first kappa shape index (κ1) is 26.8. The Morgan fingerprint density at radius 1 is 1.07 bits per heavy atom. The number of rotatable bonds is 7. The van der Waals surface area contributed by atoms with Gasteiger partial charge < -0.3 is 9.30 Å². The number of aromatic nitrogens is 8. The topological polar surface area (TPSA) is 131 Å². The number of aryl methyl sites for hydroxylation is 1. The summed E-state index contributed by atoms with van der Waals surface area (Å²) in [5.41, 5.74) is 2.41. The molecule has 0 aliphatic heterocycles. The number of fused-ring (bicyclic) bond motifs is 1. The molecule has 4 aromatic heterocycles. The average molecular weight is 585 g/mol. The van der Waals surface area contributed by atoms with E-state index in [0.717, 1.165) is 35.1 Å². The van der Waals surface area contributed by atoms with E-state index in [-0.39, 0.29) is 29.5 Å². The summed E-state index contributed by atoms with van der Waals surface area (Å²) in [7, 11) is -0.837. The molecule has 1 aromatic carbocycles. The van der Waals surface area contributed by atoms with Gasteiger partial charge in [0.1, 0.15) is 28.7 Å². The van der Waals surface area contributed by atoms with Gasteiger partial charge in [0.2, 0.25) is 5.88 Å². The van der Waals surface area contributed by atoms with Gasteiger partial charge in [-0.2, -0.15) is 22.4 Å².